The van der Waals surface area contributed by atoms with Gasteiger partial charge in [0.25, 0.3) is 0 Å². The third-order valence-electron chi connectivity index (χ3n) is 4.92. The standard InChI is InChI=1S/C24H29N3O4S/c1-29-14-12-26(13-15-30-2)23(28)18-32-24-25-17-22(19-8-5-4-6-9-19)27(24)20-10-7-11-21(16-20)31-3/h4-11,16-17H,12-15,18H2,1-3H3. The summed E-state index contributed by atoms with van der Waals surface area (Å²) in [5, 5.41) is 0.740. The van der Waals surface area contributed by atoms with Gasteiger partial charge in [-0.15, -0.1) is 0 Å². The predicted octanol–water partition coefficient (Wildman–Crippen LogP) is 3.76. The van der Waals surface area contributed by atoms with Gasteiger partial charge in [0.05, 0.1) is 43.7 Å². The summed E-state index contributed by atoms with van der Waals surface area (Å²) in [6, 6.07) is 17.9. The number of aromatic nitrogens is 2. The summed E-state index contributed by atoms with van der Waals surface area (Å²) in [7, 11) is 4.90. The Hall–Kier alpha value is -2.81. The van der Waals surface area contributed by atoms with Gasteiger partial charge in [-0.2, -0.15) is 0 Å². The molecule has 0 N–H and O–H groups in total. The molecular formula is C24H29N3O4S. The summed E-state index contributed by atoms with van der Waals surface area (Å²) in [4.78, 5) is 19.3. The molecule has 170 valence electrons. The maximum Gasteiger partial charge on any atom is 0.233 e. The zero-order valence-electron chi connectivity index (χ0n) is 18.7. The number of rotatable bonds is 12. The molecular weight excluding hydrogens is 426 g/mol. The average molecular weight is 456 g/mol. The van der Waals surface area contributed by atoms with E-state index in [-0.39, 0.29) is 11.7 Å². The fraction of sp³-hybridized carbons (Fsp3) is 0.333. The molecule has 8 heteroatoms. The van der Waals surface area contributed by atoms with Gasteiger partial charge in [0.1, 0.15) is 5.75 Å². The summed E-state index contributed by atoms with van der Waals surface area (Å²) in [6.07, 6.45) is 1.84. The molecule has 7 nitrogen and oxygen atoms in total. The van der Waals surface area contributed by atoms with Crippen LogP contribution in [0.2, 0.25) is 0 Å². The zero-order chi connectivity index (χ0) is 22.8. The number of hydrogen-bond donors (Lipinski definition) is 0. The summed E-state index contributed by atoms with van der Waals surface area (Å²) >= 11 is 1.41. The molecule has 0 atom stereocenters. The molecule has 0 spiro atoms. The quantitative estimate of drug-likeness (QED) is 0.388. The van der Waals surface area contributed by atoms with Gasteiger partial charge in [0.15, 0.2) is 5.16 Å². The number of amides is 1. The van der Waals surface area contributed by atoms with E-state index in [9.17, 15) is 4.79 Å². The average Bonchev–Trinajstić information content (AvgIpc) is 3.27. The van der Waals surface area contributed by atoms with Crippen molar-refractivity contribution < 1.29 is 19.0 Å². The summed E-state index contributed by atoms with van der Waals surface area (Å²) in [5.41, 5.74) is 2.92. The lowest BCUT2D eigenvalue weighted by atomic mass is 10.1. The van der Waals surface area contributed by atoms with Crippen molar-refractivity contribution in [1.82, 2.24) is 14.5 Å². The van der Waals surface area contributed by atoms with Crippen LogP contribution < -0.4 is 4.74 Å². The van der Waals surface area contributed by atoms with Crippen molar-refractivity contribution >= 4 is 17.7 Å². The van der Waals surface area contributed by atoms with Crippen LogP contribution in [0.25, 0.3) is 16.9 Å². The molecule has 3 aromatic rings. The van der Waals surface area contributed by atoms with Crippen molar-refractivity contribution in [3.8, 4) is 22.7 Å². The SMILES string of the molecule is COCCN(CCOC)C(=O)CSc1ncc(-c2ccccc2)n1-c1cccc(OC)c1. The molecule has 0 bridgehead atoms. The van der Waals surface area contributed by atoms with Gasteiger partial charge >= 0.3 is 0 Å². The van der Waals surface area contributed by atoms with Crippen LogP contribution in [0.5, 0.6) is 5.75 Å². The van der Waals surface area contributed by atoms with Crippen LogP contribution in [-0.2, 0) is 14.3 Å². The fourth-order valence-corrected chi connectivity index (χ4v) is 4.13. The Morgan fingerprint density at radius 2 is 1.72 bits per heavy atom. The predicted molar refractivity (Wildman–Crippen MR) is 127 cm³/mol. The van der Waals surface area contributed by atoms with Crippen LogP contribution >= 0.6 is 11.8 Å². The zero-order valence-corrected chi connectivity index (χ0v) is 19.5. The maximum atomic E-state index is 12.9. The molecule has 0 unspecified atom stereocenters. The highest BCUT2D eigenvalue weighted by atomic mass is 32.2. The molecule has 0 radical (unpaired) electrons. The minimum absolute atomic E-state index is 0.0190. The van der Waals surface area contributed by atoms with Gasteiger partial charge in [-0.3, -0.25) is 9.36 Å². The molecule has 0 aliphatic rings. The maximum absolute atomic E-state index is 12.9. The van der Waals surface area contributed by atoms with Gasteiger partial charge in [-0.05, 0) is 12.1 Å². The number of nitrogens with zero attached hydrogens (tertiary/aromatic N) is 3. The number of carbonyl (C=O) groups is 1. The lowest BCUT2D eigenvalue weighted by Gasteiger charge is -2.22. The molecule has 0 aliphatic carbocycles. The van der Waals surface area contributed by atoms with Crippen molar-refractivity contribution in [2.24, 2.45) is 0 Å². The molecule has 0 saturated heterocycles. The second kappa shape index (κ2) is 12.3. The van der Waals surface area contributed by atoms with Crippen LogP contribution in [0.1, 0.15) is 0 Å². The number of methoxy groups -OCH3 is 3. The first-order chi connectivity index (χ1) is 15.7. The Morgan fingerprint density at radius 3 is 2.38 bits per heavy atom. The van der Waals surface area contributed by atoms with E-state index in [2.05, 4.69) is 9.55 Å². The largest absolute Gasteiger partial charge is 0.497 e. The highest BCUT2D eigenvalue weighted by molar-refractivity contribution is 7.99. The molecule has 1 amide bonds. The number of ether oxygens (including phenoxy) is 3. The van der Waals surface area contributed by atoms with Crippen LogP contribution in [0, 0.1) is 0 Å². The molecule has 1 aromatic heterocycles. The Kier molecular flexibility index (Phi) is 9.15. The summed E-state index contributed by atoms with van der Waals surface area (Å²) in [5.74, 6) is 1.04. The van der Waals surface area contributed by atoms with E-state index in [1.54, 1.807) is 26.2 Å². The van der Waals surface area contributed by atoms with E-state index in [1.165, 1.54) is 11.8 Å². The van der Waals surface area contributed by atoms with Crippen LogP contribution in [0.4, 0.5) is 0 Å². The minimum atomic E-state index is 0.0190. The Morgan fingerprint density at radius 1 is 1.00 bits per heavy atom. The highest BCUT2D eigenvalue weighted by Gasteiger charge is 2.18. The number of thioether (sulfide) groups is 1. The number of imidazole rings is 1. The molecule has 0 saturated carbocycles. The molecule has 0 fully saturated rings. The van der Waals surface area contributed by atoms with E-state index < -0.39 is 0 Å². The van der Waals surface area contributed by atoms with Gasteiger partial charge in [-0.1, -0.05) is 48.2 Å². The van der Waals surface area contributed by atoms with Crippen molar-refractivity contribution in [2.45, 2.75) is 5.16 Å². The normalized spacial score (nSPS) is 10.8. The Balaban J connectivity index is 1.87. The van der Waals surface area contributed by atoms with Crippen LogP contribution in [-0.4, -0.2) is 73.7 Å². The summed E-state index contributed by atoms with van der Waals surface area (Å²) < 4.78 is 17.8. The fourth-order valence-electron chi connectivity index (χ4n) is 3.23. The molecule has 2 aromatic carbocycles. The lowest BCUT2D eigenvalue weighted by Crippen LogP contribution is -2.37. The van der Waals surface area contributed by atoms with E-state index in [0.29, 0.717) is 26.3 Å². The van der Waals surface area contributed by atoms with Gasteiger partial charge in [0.2, 0.25) is 5.91 Å². The van der Waals surface area contributed by atoms with E-state index in [1.807, 2.05) is 60.8 Å². The minimum Gasteiger partial charge on any atom is -0.497 e. The third kappa shape index (κ3) is 6.12. The third-order valence-corrected chi connectivity index (χ3v) is 5.86. The van der Waals surface area contributed by atoms with Gasteiger partial charge in [0, 0.05) is 38.9 Å². The van der Waals surface area contributed by atoms with Crippen LogP contribution in [0.3, 0.4) is 0 Å². The van der Waals surface area contributed by atoms with E-state index in [0.717, 1.165) is 27.9 Å². The molecule has 3 rings (SSSR count). The van der Waals surface area contributed by atoms with Crippen LogP contribution in [0.15, 0.2) is 66.0 Å². The monoisotopic (exact) mass is 455 g/mol. The second-order valence-electron chi connectivity index (χ2n) is 6.98. The first-order valence-corrected chi connectivity index (χ1v) is 11.3. The van der Waals surface area contributed by atoms with E-state index in [4.69, 9.17) is 14.2 Å². The van der Waals surface area contributed by atoms with Crippen molar-refractivity contribution in [1.29, 1.82) is 0 Å². The van der Waals surface area contributed by atoms with Gasteiger partial charge < -0.3 is 19.1 Å². The second-order valence-corrected chi connectivity index (χ2v) is 7.93. The molecule has 0 aliphatic heterocycles. The topological polar surface area (TPSA) is 65.8 Å². The first kappa shape index (κ1) is 23.8. The number of carbonyl (C=O) groups excluding carboxylic acids is 1. The number of hydrogen-bond acceptors (Lipinski definition) is 6. The molecule has 32 heavy (non-hydrogen) atoms. The van der Waals surface area contributed by atoms with Crippen molar-refractivity contribution in [3.05, 3.63) is 60.8 Å². The van der Waals surface area contributed by atoms with Crippen molar-refractivity contribution in [2.75, 3.05) is 53.4 Å². The van der Waals surface area contributed by atoms with E-state index >= 15 is 0 Å². The number of benzene rings is 2. The Labute approximate surface area is 193 Å². The highest BCUT2D eigenvalue weighted by Crippen LogP contribution is 2.31. The molecule has 1 heterocycles. The van der Waals surface area contributed by atoms with Gasteiger partial charge in [-0.25, -0.2) is 4.98 Å². The van der Waals surface area contributed by atoms with Crippen molar-refractivity contribution in [3.63, 3.8) is 0 Å². The Bertz CT molecular complexity index is 986. The summed E-state index contributed by atoms with van der Waals surface area (Å²) in [6.45, 7) is 2.02. The first-order valence-electron chi connectivity index (χ1n) is 10.3. The lowest BCUT2D eigenvalue weighted by molar-refractivity contribution is -0.129. The smallest absolute Gasteiger partial charge is 0.233 e.